The van der Waals surface area contributed by atoms with Crippen molar-refractivity contribution in [3.05, 3.63) is 52.5 Å². The number of ether oxygens (including phenoxy) is 1. The third-order valence-corrected chi connectivity index (χ3v) is 10.0. The van der Waals surface area contributed by atoms with E-state index in [2.05, 4.69) is 18.7 Å². The van der Waals surface area contributed by atoms with Crippen molar-refractivity contribution in [3.8, 4) is 0 Å². The van der Waals surface area contributed by atoms with Gasteiger partial charge in [-0.2, -0.15) is 4.31 Å². The molecule has 1 aliphatic heterocycles. The minimum Gasteiger partial charge on any atom is -0.377 e. The molecule has 8 nitrogen and oxygen atoms in total. The fourth-order valence-electron chi connectivity index (χ4n) is 4.60. The van der Waals surface area contributed by atoms with E-state index in [1.807, 2.05) is 19.1 Å². The maximum atomic E-state index is 13.8. The number of carbonyl (C=O) groups is 1. The molecule has 2 heterocycles. The van der Waals surface area contributed by atoms with Gasteiger partial charge in [0.05, 0.1) is 21.2 Å². The molecule has 1 aromatic heterocycles. The van der Waals surface area contributed by atoms with E-state index < -0.39 is 10.0 Å². The number of fused-ring (bicyclic) bond motifs is 1. The van der Waals surface area contributed by atoms with Crippen molar-refractivity contribution >= 4 is 54.2 Å². The van der Waals surface area contributed by atoms with Crippen LogP contribution in [-0.4, -0.2) is 81.0 Å². The molecule has 1 saturated heterocycles. The number of anilines is 1. The molecule has 1 unspecified atom stereocenters. The fraction of sp³-hybridized carbons (Fsp3) is 0.481. The third kappa shape index (κ3) is 6.38. The van der Waals surface area contributed by atoms with Gasteiger partial charge in [-0.1, -0.05) is 36.8 Å². The Bertz CT molecular complexity index is 1370. The lowest BCUT2D eigenvalue weighted by atomic mass is 10.2. The number of likely N-dealkylation sites (N-methyl/N-ethyl adjacent to an activating group) is 2. The Morgan fingerprint density at radius 3 is 2.50 bits per heavy atom. The fourth-order valence-corrected chi connectivity index (χ4v) is 7.25. The van der Waals surface area contributed by atoms with E-state index in [1.54, 1.807) is 24.1 Å². The van der Waals surface area contributed by atoms with E-state index in [1.165, 1.54) is 27.8 Å². The van der Waals surface area contributed by atoms with Crippen LogP contribution in [0.3, 0.4) is 0 Å². The number of hydrogen-bond donors (Lipinski definition) is 0. The van der Waals surface area contributed by atoms with Crippen molar-refractivity contribution in [1.29, 1.82) is 0 Å². The standard InChI is InChI=1S/C27H35ClN4O4S2/c1-5-31(6-2)13-14-32(27-29-25-19(3)16-21(28)17-24(25)37-27)26(33)20-9-11-23(12-10-20)38(34,35)30(4)18-22-8-7-15-36-22/h9-12,16-17,22H,5-8,13-15,18H2,1-4H3. The van der Waals surface area contributed by atoms with Gasteiger partial charge in [0, 0.05) is 43.9 Å². The lowest BCUT2D eigenvalue weighted by molar-refractivity contribution is 0.0978. The molecular weight excluding hydrogens is 544 g/mol. The molecule has 0 bridgehead atoms. The molecule has 0 radical (unpaired) electrons. The van der Waals surface area contributed by atoms with Gasteiger partial charge in [-0.05, 0) is 74.8 Å². The minimum absolute atomic E-state index is 0.0812. The van der Waals surface area contributed by atoms with E-state index in [0.29, 0.717) is 42.0 Å². The summed E-state index contributed by atoms with van der Waals surface area (Å²) in [6, 6.07) is 9.89. The first-order chi connectivity index (χ1) is 18.1. The van der Waals surface area contributed by atoms with Gasteiger partial charge in [0.2, 0.25) is 10.0 Å². The monoisotopic (exact) mass is 578 g/mol. The molecule has 38 heavy (non-hydrogen) atoms. The normalized spacial score (nSPS) is 16.1. The number of nitrogens with zero attached hydrogens (tertiary/aromatic N) is 4. The van der Waals surface area contributed by atoms with Crippen molar-refractivity contribution in [2.24, 2.45) is 0 Å². The molecule has 3 aromatic rings. The van der Waals surface area contributed by atoms with Crippen molar-refractivity contribution in [1.82, 2.24) is 14.2 Å². The van der Waals surface area contributed by atoms with Gasteiger partial charge in [0.25, 0.3) is 5.91 Å². The van der Waals surface area contributed by atoms with Crippen LogP contribution < -0.4 is 4.90 Å². The highest BCUT2D eigenvalue weighted by Crippen LogP contribution is 2.33. The van der Waals surface area contributed by atoms with Crippen LogP contribution in [0.25, 0.3) is 10.2 Å². The first-order valence-electron chi connectivity index (χ1n) is 12.9. The van der Waals surface area contributed by atoms with Crippen LogP contribution >= 0.6 is 22.9 Å². The molecule has 1 amide bonds. The van der Waals surface area contributed by atoms with E-state index in [4.69, 9.17) is 21.3 Å². The lowest BCUT2D eigenvalue weighted by Gasteiger charge is -2.25. The summed E-state index contributed by atoms with van der Waals surface area (Å²) < 4.78 is 34.1. The first-order valence-corrected chi connectivity index (χ1v) is 15.6. The second-order valence-corrected chi connectivity index (χ2v) is 13.0. The number of carbonyl (C=O) groups excluding carboxylic acids is 1. The number of benzene rings is 2. The smallest absolute Gasteiger partial charge is 0.260 e. The topological polar surface area (TPSA) is 83.1 Å². The van der Waals surface area contributed by atoms with Crippen LogP contribution in [0.15, 0.2) is 41.3 Å². The molecule has 4 rings (SSSR count). The molecule has 0 aliphatic carbocycles. The number of rotatable bonds is 11. The summed E-state index contributed by atoms with van der Waals surface area (Å²) in [6.45, 7) is 10.0. The van der Waals surface area contributed by atoms with E-state index in [-0.39, 0.29) is 16.9 Å². The summed E-state index contributed by atoms with van der Waals surface area (Å²) in [4.78, 5) is 22.6. The van der Waals surface area contributed by atoms with Gasteiger partial charge >= 0.3 is 0 Å². The summed E-state index contributed by atoms with van der Waals surface area (Å²) in [6.07, 6.45) is 1.72. The number of hydrogen-bond acceptors (Lipinski definition) is 7. The SMILES string of the molecule is CCN(CC)CCN(C(=O)c1ccc(S(=O)(=O)N(C)CC2CCCO2)cc1)c1nc2c(C)cc(Cl)cc2s1. The highest BCUT2D eigenvalue weighted by molar-refractivity contribution is 7.89. The molecule has 2 aromatic carbocycles. The van der Waals surface area contributed by atoms with E-state index in [0.717, 1.165) is 41.7 Å². The van der Waals surface area contributed by atoms with Crippen LogP contribution in [-0.2, 0) is 14.8 Å². The maximum absolute atomic E-state index is 13.8. The zero-order chi connectivity index (χ0) is 27.4. The summed E-state index contributed by atoms with van der Waals surface area (Å²) >= 11 is 7.69. The quantitative estimate of drug-likeness (QED) is 0.317. The number of sulfonamides is 1. The van der Waals surface area contributed by atoms with Crippen LogP contribution in [0, 0.1) is 6.92 Å². The third-order valence-electron chi connectivity index (χ3n) is 6.94. The average molecular weight is 579 g/mol. The number of aromatic nitrogens is 1. The molecule has 0 saturated carbocycles. The summed E-state index contributed by atoms with van der Waals surface area (Å²) in [7, 11) is -2.13. The van der Waals surface area contributed by atoms with Crippen LogP contribution in [0.1, 0.15) is 42.6 Å². The molecule has 1 aliphatic rings. The highest BCUT2D eigenvalue weighted by atomic mass is 35.5. The van der Waals surface area contributed by atoms with Gasteiger partial charge in [0.15, 0.2) is 5.13 Å². The highest BCUT2D eigenvalue weighted by Gasteiger charge is 2.27. The van der Waals surface area contributed by atoms with Crippen molar-refractivity contribution < 1.29 is 17.9 Å². The Hall–Kier alpha value is -2.08. The number of thiazole rings is 1. The van der Waals surface area contributed by atoms with E-state index >= 15 is 0 Å². The Morgan fingerprint density at radius 2 is 1.87 bits per heavy atom. The zero-order valence-electron chi connectivity index (χ0n) is 22.3. The van der Waals surface area contributed by atoms with Crippen molar-refractivity contribution in [2.45, 2.75) is 44.6 Å². The molecule has 1 fully saturated rings. The van der Waals surface area contributed by atoms with Gasteiger partial charge in [-0.3, -0.25) is 9.69 Å². The number of halogens is 1. The first kappa shape index (κ1) is 28.9. The predicted octanol–water partition coefficient (Wildman–Crippen LogP) is 5.05. The minimum atomic E-state index is -3.70. The summed E-state index contributed by atoms with van der Waals surface area (Å²) in [5.74, 6) is -0.225. The predicted molar refractivity (Wildman–Crippen MR) is 154 cm³/mol. The Balaban J connectivity index is 1.60. The van der Waals surface area contributed by atoms with E-state index in [9.17, 15) is 13.2 Å². The molecule has 206 valence electrons. The summed E-state index contributed by atoms with van der Waals surface area (Å²) in [5, 5.41) is 1.22. The molecule has 1 atom stereocenters. The summed E-state index contributed by atoms with van der Waals surface area (Å²) in [5.41, 5.74) is 2.18. The van der Waals surface area contributed by atoms with Gasteiger partial charge in [-0.25, -0.2) is 13.4 Å². The number of aryl methyl sites for hydroxylation is 1. The van der Waals surface area contributed by atoms with Crippen LogP contribution in [0.4, 0.5) is 5.13 Å². The Morgan fingerprint density at radius 1 is 1.16 bits per heavy atom. The van der Waals surface area contributed by atoms with Crippen LogP contribution in [0.5, 0.6) is 0 Å². The van der Waals surface area contributed by atoms with Crippen molar-refractivity contribution in [2.75, 3.05) is 51.3 Å². The second kappa shape index (κ2) is 12.4. The lowest BCUT2D eigenvalue weighted by Crippen LogP contribution is -2.39. The average Bonchev–Trinajstić information content (AvgIpc) is 3.56. The molecule has 0 N–H and O–H groups in total. The van der Waals surface area contributed by atoms with Gasteiger partial charge in [0.1, 0.15) is 0 Å². The van der Waals surface area contributed by atoms with Gasteiger partial charge in [-0.15, -0.1) is 0 Å². The maximum Gasteiger partial charge on any atom is 0.260 e. The molecular formula is C27H35ClN4O4S2. The zero-order valence-corrected chi connectivity index (χ0v) is 24.7. The molecule has 11 heteroatoms. The number of amides is 1. The largest absolute Gasteiger partial charge is 0.377 e. The van der Waals surface area contributed by atoms with Gasteiger partial charge < -0.3 is 9.64 Å². The van der Waals surface area contributed by atoms with Crippen molar-refractivity contribution in [3.63, 3.8) is 0 Å². The Labute approximate surface area is 234 Å². The second-order valence-electron chi connectivity index (χ2n) is 9.49. The van der Waals surface area contributed by atoms with Crippen LogP contribution in [0.2, 0.25) is 5.02 Å². The molecule has 0 spiro atoms. The Kier molecular flexibility index (Phi) is 9.44.